The number of hydrogen-bond donors (Lipinski definition) is 0. The quantitative estimate of drug-likeness (QED) is 0.641. The first-order chi connectivity index (χ1) is 6.26. The molecule has 0 N–H and O–H groups in total. The summed E-state index contributed by atoms with van der Waals surface area (Å²) in [5.74, 6) is 0. The van der Waals surface area contributed by atoms with Crippen LogP contribution in [0, 0.1) is 0 Å². The smallest absolute Gasteiger partial charge is 0.0829 e. The highest BCUT2D eigenvalue weighted by atomic mass is 16.5. The van der Waals surface area contributed by atoms with E-state index in [2.05, 4.69) is 30.7 Å². The monoisotopic (exact) mass is 186 g/mol. The molecule has 1 fully saturated rings. The van der Waals surface area contributed by atoms with Crippen LogP contribution < -0.4 is 0 Å². The van der Waals surface area contributed by atoms with E-state index in [1.807, 2.05) is 0 Å². The Kier molecular flexibility index (Phi) is 4.70. The van der Waals surface area contributed by atoms with Crippen molar-refractivity contribution in [1.29, 1.82) is 0 Å². The van der Waals surface area contributed by atoms with Crippen LogP contribution in [0.5, 0.6) is 0 Å². The van der Waals surface area contributed by atoms with Crippen molar-refractivity contribution >= 4 is 0 Å². The lowest BCUT2D eigenvalue weighted by Gasteiger charge is -2.33. The molecule has 78 valence electrons. The third kappa shape index (κ3) is 3.63. The summed E-state index contributed by atoms with van der Waals surface area (Å²) in [4.78, 5) is 4.77. The van der Waals surface area contributed by atoms with Crippen LogP contribution in [0.2, 0.25) is 0 Å². The summed E-state index contributed by atoms with van der Waals surface area (Å²) in [5, 5.41) is 0. The van der Waals surface area contributed by atoms with Crippen LogP contribution in [0.25, 0.3) is 0 Å². The highest BCUT2D eigenvalue weighted by Crippen LogP contribution is 2.04. The highest BCUT2D eigenvalue weighted by molar-refractivity contribution is 4.72. The van der Waals surface area contributed by atoms with Crippen molar-refractivity contribution in [3.05, 3.63) is 0 Å². The fraction of sp³-hybridized carbons (Fsp3) is 1.00. The molecule has 1 saturated heterocycles. The van der Waals surface area contributed by atoms with E-state index in [1.54, 1.807) is 0 Å². The summed E-state index contributed by atoms with van der Waals surface area (Å²) < 4.78 is 5.70. The van der Waals surface area contributed by atoms with Gasteiger partial charge in [0.25, 0.3) is 0 Å². The predicted molar refractivity (Wildman–Crippen MR) is 55.0 cm³/mol. The maximum Gasteiger partial charge on any atom is 0.0829 e. The number of likely N-dealkylation sites (N-methyl/N-ethyl adjacent to an activating group) is 2. The topological polar surface area (TPSA) is 15.7 Å². The SMILES string of the molecule is CCN(CC)CC1CN(C)CCO1. The zero-order chi connectivity index (χ0) is 9.68. The molecule has 1 atom stereocenters. The van der Waals surface area contributed by atoms with Gasteiger partial charge in [-0.05, 0) is 20.1 Å². The Hall–Kier alpha value is -0.120. The molecular formula is C10H22N2O. The zero-order valence-electron chi connectivity index (χ0n) is 9.12. The molecule has 0 bridgehead atoms. The van der Waals surface area contributed by atoms with E-state index in [0.29, 0.717) is 6.10 Å². The van der Waals surface area contributed by atoms with E-state index in [4.69, 9.17) is 4.74 Å². The van der Waals surface area contributed by atoms with Gasteiger partial charge in [-0.3, -0.25) is 0 Å². The van der Waals surface area contributed by atoms with Gasteiger partial charge >= 0.3 is 0 Å². The Labute approximate surface area is 81.7 Å². The van der Waals surface area contributed by atoms with Crippen LogP contribution in [0.1, 0.15) is 13.8 Å². The lowest BCUT2D eigenvalue weighted by Crippen LogP contribution is -2.46. The first kappa shape index (κ1) is 11.0. The molecule has 1 unspecified atom stereocenters. The fourth-order valence-electron chi connectivity index (χ4n) is 1.75. The molecule has 1 rings (SSSR count). The molecular weight excluding hydrogens is 164 g/mol. The van der Waals surface area contributed by atoms with Crippen molar-refractivity contribution in [2.45, 2.75) is 20.0 Å². The second kappa shape index (κ2) is 5.58. The highest BCUT2D eigenvalue weighted by Gasteiger charge is 2.19. The maximum absolute atomic E-state index is 5.70. The van der Waals surface area contributed by atoms with Gasteiger partial charge in [-0.25, -0.2) is 0 Å². The third-order valence-electron chi connectivity index (χ3n) is 2.70. The molecule has 0 spiro atoms. The van der Waals surface area contributed by atoms with Crippen LogP contribution in [0.3, 0.4) is 0 Å². The lowest BCUT2D eigenvalue weighted by atomic mass is 10.2. The van der Waals surface area contributed by atoms with Crippen molar-refractivity contribution < 1.29 is 4.74 Å². The minimum atomic E-state index is 0.415. The van der Waals surface area contributed by atoms with Crippen molar-refractivity contribution in [3.8, 4) is 0 Å². The molecule has 13 heavy (non-hydrogen) atoms. The fourth-order valence-corrected chi connectivity index (χ4v) is 1.75. The summed E-state index contributed by atoms with van der Waals surface area (Å²) in [7, 11) is 2.16. The van der Waals surface area contributed by atoms with Crippen LogP contribution in [-0.2, 0) is 4.74 Å². The van der Waals surface area contributed by atoms with Gasteiger partial charge < -0.3 is 14.5 Å². The Balaban J connectivity index is 2.26. The average molecular weight is 186 g/mol. The van der Waals surface area contributed by atoms with E-state index in [-0.39, 0.29) is 0 Å². The molecule has 0 radical (unpaired) electrons. The number of ether oxygens (including phenoxy) is 1. The zero-order valence-corrected chi connectivity index (χ0v) is 9.12. The maximum atomic E-state index is 5.70. The molecule has 0 aromatic heterocycles. The number of hydrogen-bond acceptors (Lipinski definition) is 3. The molecule has 1 aliphatic heterocycles. The minimum Gasteiger partial charge on any atom is -0.374 e. The van der Waals surface area contributed by atoms with Gasteiger partial charge in [-0.1, -0.05) is 13.8 Å². The summed E-state index contributed by atoms with van der Waals surface area (Å²) in [6.07, 6.45) is 0.415. The Morgan fingerprint density at radius 2 is 2.08 bits per heavy atom. The first-order valence-electron chi connectivity index (χ1n) is 5.28. The van der Waals surface area contributed by atoms with Crippen molar-refractivity contribution in [2.24, 2.45) is 0 Å². The van der Waals surface area contributed by atoms with Crippen LogP contribution in [0.15, 0.2) is 0 Å². The molecule has 0 aliphatic carbocycles. The molecule has 0 aromatic rings. The molecule has 0 aromatic carbocycles. The Morgan fingerprint density at radius 3 is 2.62 bits per heavy atom. The van der Waals surface area contributed by atoms with Crippen LogP contribution in [-0.4, -0.2) is 62.3 Å². The molecule has 0 amide bonds. The summed E-state index contributed by atoms with van der Waals surface area (Å²) in [6.45, 7) is 10.8. The van der Waals surface area contributed by atoms with Gasteiger partial charge in [0.15, 0.2) is 0 Å². The molecule has 1 aliphatic rings. The van der Waals surface area contributed by atoms with Crippen molar-refractivity contribution in [3.63, 3.8) is 0 Å². The van der Waals surface area contributed by atoms with E-state index in [0.717, 1.165) is 39.3 Å². The first-order valence-corrected chi connectivity index (χ1v) is 5.28. The average Bonchev–Trinajstić information content (AvgIpc) is 2.14. The van der Waals surface area contributed by atoms with Gasteiger partial charge in [0.1, 0.15) is 0 Å². The van der Waals surface area contributed by atoms with Gasteiger partial charge in [0, 0.05) is 19.6 Å². The normalized spacial score (nSPS) is 25.4. The molecule has 3 nitrogen and oxygen atoms in total. The van der Waals surface area contributed by atoms with Gasteiger partial charge in [0.05, 0.1) is 12.7 Å². The molecule has 0 saturated carbocycles. The number of morpholine rings is 1. The van der Waals surface area contributed by atoms with Crippen LogP contribution >= 0.6 is 0 Å². The minimum absolute atomic E-state index is 0.415. The van der Waals surface area contributed by atoms with E-state index in [1.165, 1.54) is 0 Å². The summed E-state index contributed by atoms with van der Waals surface area (Å²) in [6, 6.07) is 0. The van der Waals surface area contributed by atoms with E-state index in [9.17, 15) is 0 Å². The molecule has 1 heterocycles. The van der Waals surface area contributed by atoms with Crippen molar-refractivity contribution in [1.82, 2.24) is 9.80 Å². The van der Waals surface area contributed by atoms with Gasteiger partial charge in [-0.15, -0.1) is 0 Å². The van der Waals surface area contributed by atoms with E-state index >= 15 is 0 Å². The van der Waals surface area contributed by atoms with E-state index < -0.39 is 0 Å². The Bertz CT molecular complexity index is 137. The standard InChI is InChI=1S/C10H22N2O/c1-4-12(5-2)9-10-8-11(3)6-7-13-10/h10H,4-9H2,1-3H3. The third-order valence-corrected chi connectivity index (χ3v) is 2.70. The number of nitrogens with zero attached hydrogens (tertiary/aromatic N) is 2. The summed E-state index contributed by atoms with van der Waals surface area (Å²) >= 11 is 0. The van der Waals surface area contributed by atoms with Gasteiger partial charge in [-0.2, -0.15) is 0 Å². The molecule has 3 heteroatoms. The van der Waals surface area contributed by atoms with Crippen molar-refractivity contribution in [2.75, 3.05) is 46.4 Å². The second-order valence-electron chi connectivity index (χ2n) is 3.74. The number of rotatable bonds is 4. The van der Waals surface area contributed by atoms with Crippen LogP contribution in [0.4, 0.5) is 0 Å². The largest absolute Gasteiger partial charge is 0.374 e. The Morgan fingerprint density at radius 1 is 1.38 bits per heavy atom. The second-order valence-corrected chi connectivity index (χ2v) is 3.74. The van der Waals surface area contributed by atoms with Gasteiger partial charge in [0.2, 0.25) is 0 Å². The lowest BCUT2D eigenvalue weighted by molar-refractivity contribution is -0.0343. The summed E-state index contributed by atoms with van der Waals surface area (Å²) in [5.41, 5.74) is 0. The predicted octanol–water partition coefficient (Wildman–Crippen LogP) is 0.659.